The minimum absolute atomic E-state index is 0.360. The molecule has 0 bridgehead atoms. The van der Waals surface area contributed by atoms with Crippen LogP contribution in [0.2, 0.25) is 0 Å². The highest BCUT2D eigenvalue weighted by molar-refractivity contribution is 7.09. The van der Waals surface area contributed by atoms with Crippen molar-refractivity contribution in [3.8, 4) is 0 Å². The van der Waals surface area contributed by atoms with E-state index in [1.54, 1.807) is 11.3 Å². The zero-order valence-corrected chi connectivity index (χ0v) is 10.3. The van der Waals surface area contributed by atoms with Gasteiger partial charge in [-0.1, -0.05) is 19.3 Å². The maximum atomic E-state index is 5.97. The summed E-state index contributed by atoms with van der Waals surface area (Å²) in [5.41, 5.74) is 7.58. The maximum absolute atomic E-state index is 5.97. The molecule has 3 heteroatoms. The Kier molecular flexibility index (Phi) is 3.42. The summed E-state index contributed by atoms with van der Waals surface area (Å²) < 4.78 is 0. The molecule has 0 spiro atoms. The highest BCUT2D eigenvalue weighted by Gasteiger charge is 2.31. The van der Waals surface area contributed by atoms with Crippen LogP contribution in [0.1, 0.15) is 42.8 Å². The summed E-state index contributed by atoms with van der Waals surface area (Å²) in [5.74, 6) is 0. The summed E-state index contributed by atoms with van der Waals surface area (Å²) in [6, 6.07) is 0. The van der Waals surface area contributed by atoms with Crippen molar-refractivity contribution in [2.45, 2.75) is 45.4 Å². The molecule has 0 aromatic carbocycles. The minimum Gasteiger partial charge on any atom is -0.330 e. The van der Waals surface area contributed by atoms with E-state index >= 15 is 0 Å². The Bertz CT molecular complexity index is 313. The molecule has 15 heavy (non-hydrogen) atoms. The molecule has 84 valence electrons. The van der Waals surface area contributed by atoms with Gasteiger partial charge in [-0.05, 0) is 38.1 Å². The number of nitrogens with two attached hydrogens (primary N) is 1. The predicted molar refractivity (Wildman–Crippen MR) is 65.1 cm³/mol. The van der Waals surface area contributed by atoms with E-state index in [4.69, 9.17) is 5.73 Å². The molecule has 0 radical (unpaired) electrons. The summed E-state index contributed by atoms with van der Waals surface area (Å²) in [5, 5.41) is 3.37. The first-order valence-electron chi connectivity index (χ1n) is 5.85. The molecule has 2 nitrogen and oxygen atoms in total. The van der Waals surface area contributed by atoms with E-state index in [0.717, 1.165) is 13.0 Å². The zero-order valence-electron chi connectivity index (χ0n) is 9.46. The van der Waals surface area contributed by atoms with Gasteiger partial charge in [-0.3, -0.25) is 0 Å². The Hall–Kier alpha value is -0.410. The van der Waals surface area contributed by atoms with Crippen molar-refractivity contribution in [2.24, 2.45) is 11.1 Å². The van der Waals surface area contributed by atoms with E-state index in [-0.39, 0.29) is 0 Å². The number of hydrogen-bond donors (Lipinski definition) is 1. The van der Waals surface area contributed by atoms with Gasteiger partial charge in [0.1, 0.15) is 0 Å². The molecule has 0 atom stereocenters. The lowest BCUT2D eigenvalue weighted by atomic mass is 9.71. The second-order valence-corrected chi connectivity index (χ2v) is 5.86. The highest BCUT2D eigenvalue weighted by Crippen LogP contribution is 2.38. The summed E-state index contributed by atoms with van der Waals surface area (Å²) in [4.78, 5) is 4.56. The number of nitrogens with zero attached hydrogens (tertiary/aromatic N) is 1. The van der Waals surface area contributed by atoms with Crippen molar-refractivity contribution in [3.05, 3.63) is 16.1 Å². The Morgan fingerprint density at radius 1 is 1.40 bits per heavy atom. The van der Waals surface area contributed by atoms with E-state index in [1.165, 1.54) is 42.8 Å². The molecular formula is C12H20N2S. The molecule has 0 unspecified atom stereocenters. The number of thiazole rings is 1. The van der Waals surface area contributed by atoms with E-state index in [2.05, 4.69) is 17.3 Å². The molecule has 1 aromatic heterocycles. The number of aryl methyl sites for hydroxylation is 1. The van der Waals surface area contributed by atoms with Gasteiger partial charge in [0.2, 0.25) is 0 Å². The molecule has 2 rings (SSSR count). The number of rotatable bonds is 3. The third-order valence-electron chi connectivity index (χ3n) is 3.57. The Balaban J connectivity index is 2.06. The van der Waals surface area contributed by atoms with Crippen molar-refractivity contribution in [1.29, 1.82) is 0 Å². The summed E-state index contributed by atoms with van der Waals surface area (Å²) in [6.07, 6.45) is 7.76. The van der Waals surface area contributed by atoms with E-state index < -0.39 is 0 Å². The van der Waals surface area contributed by atoms with Crippen LogP contribution in [0, 0.1) is 12.3 Å². The topological polar surface area (TPSA) is 38.9 Å². The van der Waals surface area contributed by atoms with Gasteiger partial charge in [0, 0.05) is 5.38 Å². The molecule has 2 N–H and O–H groups in total. The fraction of sp³-hybridized carbons (Fsp3) is 0.750. The molecule has 1 aliphatic rings. The fourth-order valence-corrected chi connectivity index (χ4v) is 3.24. The van der Waals surface area contributed by atoms with Crippen molar-refractivity contribution >= 4 is 11.3 Å². The molecular weight excluding hydrogens is 204 g/mol. The lowest BCUT2D eigenvalue weighted by molar-refractivity contribution is 0.196. The summed E-state index contributed by atoms with van der Waals surface area (Å²) >= 11 is 1.75. The molecule has 1 fully saturated rings. The monoisotopic (exact) mass is 224 g/mol. The third kappa shape index (κ3) is 2.58. The molecule has 0 amide bonds. The molecule has 1 aliphatic carbocycles. The smallest absolute Gasteiger partial charge is 0.0897 e. The molecule has 1 saturated carbocycles. The first-order chi connectivity index (χ1) is 7.24. The molecule has 0 saturated heterocycles. The average molecular weight is 224 g/mol. The highest BCUT2D eigenvalue weighted by atomic mass is 32.1. The largest absolute Gasteiger partial charge is 0.330 e. The first-order valence-corrected chi connectivity index (χ1v) is 6.73. The minimum atomic E-state index is 0.360. The van der Waals surface area contributed by atoms with Gasteiger partial charge < -0.3 is 5.73 Å². The maximum Gasteiger partial charge on any atom is 0.0897 e. The predicted octanol–water partition coefficient (Wildman–Crippen LogP) is 2.90. The van der Waals surface area contributed by atoms with Crippen LogP contribution in [0.4, 0.5) is 0 Å². The van der Waals surface area contributed by atoms with E-state index in [9.17, 15) is 0 Å². The second-order valence-electron chi connectivity index (χ2n) is 4.80. The van der Waals surface area contributed by atoms with Gasteiger partial charge in [0.25, 0.3) is 0 Å². The summed E-state index contributed by atoms with van der Waals surface area (Å²) in [6.45, 7) is 2.90. The van der Waals surface area contributed by atoms with Crippen LogP contribution in [0.3, 0.4) is 0 Å². The van der Waals surface area contributed by atoms with Gasteiger partial charge in [0.05, 0.1) is 10.7 Å². The van der Waals surface area contributed by atoms with Crippen LogP contribution in [0.15, 0.2) is 5.38 Å². The lowest BCUT2D eigenvalue weighted by Crippen LogP contribution is -2.35. The number of aromatic nitrogens is 1. The fourth-order valence-electron chi connectivity index (χ4n) is 2.63. The third-order valence-corrected chi connectivity index (χ3v) is 4.39. The molecule has 1 heterocycles. The van der Waals surface area contributed by atoms with Crippen LogP contribution in [-0.4, -0.2) is 11.5 Å². The Morgan fingerprint density at radius 3 is 2.67 bits per heavy atom. The van der Waals surface area contributed by atoms with Crippen LogP contribution >= 0.6 is 11.3 Å². The molecule has 0 aliphatic heterocycles. The SMILES string of the molecule is Cc1nc(CC2(CN)CCCCC2)cs1. The van der Waals surface area contributed by atoms with Gasteiger partial charge >= 0.3 is 0 Å². The van der Waals surface area contributed by atoms with Crippen LogP contribution in [-0.2, 0) is 6.42 Å². The van der Waals surface area contributed by atoms with Gasteiger partial charge in [-0.15, -0.1) is 11.3 Å². The Morgan fingerprint density at radius 2 is 2.13 bits per heavy atom. The van der Waals surface area contributed by atoms with Gasteiger partial charge in [0.15, 0.2) is 0 Å². The quantitative estimate of drug-likeness (QED) is 0.857. The van der Waals surface area contributed by atoms with Gasteiger partial charge in [-0.25, -0.2) is 4.98 Å². The van der Waals surface area contributed by atoms with Crippen LogP contribution in [0.5, 0.6) is 0 Å². The number of hydrogen-bond acceptors (Lipinski definition) is 3. The van der Waals surface area contributed by atoms with Crippen molar-refractivity contribution in [1.82, 2.24) is 4.98 Å². The second kappa shape index (κ2) is 4.62. The van der Waals surface area contributed by atoms with Crippen LogP contribution < -0.4 is 5.73 Å². The van der Waals surface area contributed by atoms with Crippen molar-refractivity contribution in [2.75, 3.05) is 6.54 Å². The van der Waals surface area contributed by atoms with Crippen LogP contribution in [0.25, 0.3) is 0 Å². The van der Waals surface area contributed by atoms with Crippen molar-refractivity contribution in [3.63, 3.8) is 0 Å². The zero-order chi connectivity index (χ0) is 10.7. The molecule has 1 aromatic rings. The van der Waals surface area contributed by atoms with E-state index in [1.807, 2.05) is 0 Å². The van der Waals surface area contributed by atoms with E-state index in [0.29, 0.717) is 5.41 Å². The average Bonchev–Trinajstić information content (AvgIpc) is 2.65. The lowest BCUT2D eigenvalue weighted by Gasteiger charge is -2.35. The van der Waals surface area contributed by atoms with Crippen molar-refractivity contribution < 1.29 is 0 Å². The van der Waals surface area contributed by atoms with Gasteiger partial charge in [-0.2, -0.15) is 0 Å². The first kappa shape index (κ1) is 11.1. The Labute approximate surface area is 95.9 Å². The normalized spacial score (nSPS) is 20.4. The summed E-state index contributed by atoms with van der Waals surface area (Å²) in [7, 11) is 0. The standard InChI is InChI=1S/C12H20N2S/c1-10-14-11(8-15-10)7-12(9-13)5-3-2-4-6-12/h8H,2-7,9,13H2,1H3.